The van der Waals surface area contributed by atoms with Gasteiger partial charge in [-0.25, -0.2) is 0 Å². The molecule has 1 aromatic carbocycles. The molecule has 3 nitrogen and oxygen atoms in total. The van der Waals surface area contributed by atoms with Crippen LogP contribution in [0, 0.1) is 18.8 Å². The third kappa shape index (κ3) is 2.78. The van der Waals surface area contributed by atoms with Crippen LogP contribution in [-0.4, -0.2) is 25.8 Å². The zero-order valence-electron chi connectivity index (χ0n) is 12.5. The van der Waals surface area contributed by atoms with Gasteiger partial charge in [0.05, 0.1) is 6.61 Å². The number of hydrogen-bond acceptors (Lipinski definition) is 3. The molecule has 2 fully saturated rings. The van der Waals surface area contributed by atoms with Gasteiger partial charge < -0.3 is 14.8 Å². The molecule has 0 aromatic heterocycles. The van der Waals surface area contributed by atoms with Crippen molar-refractivity contribution in [2.45, 2.75) is 39.2 Å². The average Bonchev–Trinajstić information content (AvgIpc) is 2.68. The lowest BCUT2D eigenvalue weighted by atomic mass is 9.96. The molecule has 3 heteroatoms. The van der Waals surface area contributed by atoms with Gasteiger partial charge in [-0.1, -0.05) is 13.0 Å². The fourth-order valence-corrected chi connectivity index (χ4v) is 3.41. The summed E-state index contributed by atoms with van der Waals surface area (Å²) in [5.41, 5.74) is 1.22. The first-order valence-corrected chi connectivity index (χ1v) is 7.88. The Kier molecular flexibility index (Phi) is 4.16. The predicted molar refractivity (Wildman–Crippen MR) is 80.5 cm³/mol. The van der Waals surface area contributed by atoms with Gasteiger partial charge in [-0.2, -0.15) is 0 Å². The highest BCUT2D eigenvalue weighted by atomic mass is 16.5. The topological polar surface area (TPSA) is 30.5 Å². The summed E-state index contributed by atoms with van der Waals surface area (Å²) in [5, 5.41) is 3.51. The van der Waals surface area contributed by atoms with E-state index in [1.165, 1.54) is 18.4 Å². The molecule has 0 spiro atoms. The van der Waals surface area contributed by atoms with Crippen molar-refractivity contribution in [3.8, 4) is 11.5 Å². The van der Waals surface area contributed by atoms with Gasteiger partial charge in [0.25, 0.3) is 0 Å². The summed E-state index contributed by atoms with van der Waals surface area (Å²) >= 11 is 0. The van der Waals surface area contributed by atoms with Gasteiger partial charge >= 0.3 is 0 Å². The van der Waals surface area contributed by atoms with Crippen molar-refractivity contribution < 1.29 is 9.47 Å². The van der Waals surface area contributed by atoms with E-state index in [-0.39, 0.29) is 0 Å². The highest BCUT2D eigenvalue weighted by Crippen LogP contribution is 2.39. The van der Waals surface area contributed by atoms with E-state index in [0.717, 1.165) is 37.6 Å². The van der Waals surface area contributed by atoms with Crippen LogP contribution in [0.3, 0.4) is 0 Å². The van der Waals surface area contributed by atoms with Crippen LogP contribution in [0.25, 0.3) is 0 Å². The van der Waals surface area contributed by atoms with Crippen molar-refractivity contribution in [2.75, 3.05) is 19.7 Å². The first kappa shape index (κ1) is 13.7. The van der Waals surface area contributed by atoms with Crippen molar-refractivity contribution in [3.05, 3.63) is 23.8 Å². The second kappa shape index (κ2) is 6.04. The smallest absolute Gasteiger partial charge is 0.161 e. The Bertz CT molecular complexity index is 444. The van der Waals surface area contributed by atoms with E-state index >= 15 is 0 Å². The number of nitrogens with one attached hydrogen (secondary N) is 1. The Labute approximate surface area is 121 Å². The monoisotopic (exact) mass is 275 g/mol. The van der Waals surface area contributed by atoms with Gasteiger partial charge in [0.2, 0.25) is 0 Å². The summed E-state index contributed by atoms with van der Waals surface area (Å²) in [4.78, 5) is 0. The van der Waals surface area contributed by atoms with E-state index in [1.54, 1.807) is 0 Å². The zero-order valence-corrected chi connectivity index (χ0v) is 12.5. The Morgan fingerprint density at radius 1 is 1.15 bits per heavy atom. The molecule has 0 amide bonds. The number of rotatable bonds is 5. The number of hydrogen-bond donors (Lipinski definition) is 1. The Morgan fingerprint density at radius 3 is 2.60 bits per heavy atom. The predicted octanol–water partition coefficient (Wildman–Crippen LogP) is 3.16. The van der Waals surface area contributed by atoms with Crippen LogP contribution >= 0.6 is 0 Å². The van der Waals surface area contributed by atoms with E-state index in [1.807, 2.05) is 0 Å². The summed E-state index contributed by atoms with van der Waals surface area (Å²) in [7, 11) is 0. The number of benzene rings is 1. The molecule has 3 rings (SSSR count). The molecule has 1 unspecified atom stereocenters. The summed E-state index contributed by atoms with van der Waals surface area (Å²) < 4.78 is 12.2. The SMILES string of the molecule is CCCOc1cc(C)ccc1OC1[C@@H]2CC[C@H]1CNC2. The van der Waals surface area contributed by atoms with Gasteiger partial charge in [-0.3, -0.25) is 0 Å². The van der Waals surface area contributed by atoms with Crippen LogP contribution in [0.4, 0.5) is 0 Å². The highest BCUT2D eigenvalue weighted by Gasteiger charge is 2.40. The average molecular weight is 275 g/mol. The van der Waals surface area contributed by atoms with Crippen LogP contribution in [-0.2, 0) is 0 Å². The molecule has 110 valence electrons. The van der Waals surface area contributed by atoms with Gasteiger partial charge in [-0.15, -0.1) is 0 Å². The van der Waals surface area contributed by atoms with Crippen LogP contribution in [0.2, 0.25) is 0 Å². The maximum atomic E-state index is 6.36. The molecular weight excluding hydrogens is 250 g/mol. The van der Waals surface area contributed by atoms with Crippen molar-refractivity contribution in [1.29, 1.82) is 0 Å². The van der Waals surface area contributed by atoms with E-state index in [9.17, 15) is 0 Å². The molecule has 1 saturated heterocycles. The first-order valence-electron chi connectivity index (χ1n) is 7.88. The van der Waals surface area contributed by atoms with Crippen molar-refractivity contribution in [3.63, 3.8) is 0 Å². The lowest BCUT2D eigenvalue weighted by molar-refractivity contribution is 0.0889. The Hall–Kier alpha value is -1.22. The number of piperidine rings is 1. The molecule has 2 aliphatic rings. The Morgan fingerprint density at radius 2 is 1.90 bits per heavy atom. The summed E-state index contributed by atoms with van der Waals surface area (Å²) in [5.74, 6) is 3.15. The quantitative estimate of drug-likeness (QED) is 0.895. The summed E-state index contributed by atoms with van der Waals surface area (Å²) in [6.45, 7) is 7.16. The minimum Gasteiger partial charge on any atom is -0.490 e. The normalized spacial score (nSPS) is 28.4. The summed E-state index contributed by atoms with van der Waals surface area (Å²) in [6.07, 6.45) is 3.97. The minimum atomic E-state index is 0.364. The highest BCUT2D eigenvalue weighted by molar-refractivity contribution is 5.43. The van der Waals surface area contributed by atoms with Crippen molar-refractivity contribution >= 4 is 0 Å². The molecule has 3 atom stereocenters. The minimum absolute atomic E-state index is 0.364. The first-order chi connectivity index (χ1) is 9.78. The molecule has 1 heterocycles. The maximum Gasteiger partial charge on any atom is 0.161 e. The molecule has 0 radical (unpaired) electrons. The van der Waals surface area contributed by atoms with Crippen molar-refractivity contribution in [2.24, 2.45) is 11.8 Å². The summed E-state index contributed by atoms with van der Waals surface area (Å²) in [6, 6.07) is 6.27. The third-order valence-electron chi connectivity index (χ3n) is 4.47. The van der Waals surface area contributed by atoms with Crippen LogP contribution in [0.15, 0.2) is 18.2 Å². The molecule has 1 aliphatic heterocycles. The molecule has 20 heavy (non-hydrogen) atoms. The van der Waals surface area contributed by atoms with Gasteiger partial charge in [0.1, 0.15) is 6.10 Å². The molecule has 1 N–H and O–H groups in total. The molecule has 1 aromatic rings. The molecule has 1 aliphatic carbocycles. The van der Waals surface area contributed by atoms with Crippen LogP contribution in [0.5, 0.6) is 11.5 Å². The molecule has 1 saturated carbocycles. The van der Waals surface area contributed by atoms with Gasteiger partial charge in [0.15, 0.2) is 11.5 Å². The zero-order chi connectivity index (χ0) is 13.9. The second-order valence-corrected chi connectivity index (χ2v) is 6.14. The second-order valence-electron chi connectivity index (χ2n) is 6.14. The number of aryl methyl sites for hydroxylation is 1. The molecular formula is C17H25NO2. The standard InChI is InChI=1S/C17H25NO2/c1-3-8-19-16-9-12(2)4-7-15(16)20-17-13-5-6-14(17)11-18-10-13/h4,7,9,13-14,17-18H,3,5-6,8,10-11H2,1-2H3/t13-,14+,17?. The number of ether oxygens (including phenoxy) is 2. The van der Waals surface area contributed by atoms with Gasteiger partial charge in [0, 0.05) is 24.9 Å². The largest absolute Gasteiger partial charge is 0.490 e. The fourth-order valence-electron chi connectivity index (χ4n) is 3.41. The van der Waals surface area contributed by atoms with E-state index in [2.05, 4.69) is 37.4 Å². The molecule has 2 bridgehead atoms. The van der Waals surface area contributed by atoms with Gasteiger partial charge in [-0.05, 0) is 43.9 Å². The van der Waals surface area contributed by atoms with E-state index in [0.29, 0.717) is 17.9 Å². The van der Waals surface area contributed by atoms with Crippen molar-refractivity contribution in [1.82, 2.24) is 5.32 Å². The Balaban J connectivity index is 1.76. The van der Waals surface area contributed by atoms with Crippen LogP contribution in [0.1, 0.15) is 31.7 Å². The van der Waals surface area contributed by atoms with E-state index < -0.39 is 0 Å². The maximum absolute atomic E-state index is 6.36. The fraction of sp³-hybridized carbons (Fsp3) is 0.647. The third-order valence-corrected chi connectivity index (χ3v) is 4.47. The lowest BCUT2D eigenvalue weighted by Crippen LogP contribution is -2.44. The lowest BCUT2D eigenvalue weighted by Gasteiger charge is -2.31. The van der Waals surface area contributed by atoms with E-state index in [4.69, 9.17) is 9.47 Å². The van der Waals surface area contributed by atoms with Crippen LogP contribution < -0.4 is 14.8 Å². The number of fused-ring (bicyclic) bond motifs is 2.